The van der Waals surface area contributed by atoms with Crippen molar-refractivity contribution in [3.63, 3.8) is 0 Å². The lowest BCUT2D eigenvalue weighted by Gasteiger charge is -2.27. The Labute approximate surface area is 204 Å². The van der Waals surface area contributed by atoms with Gasteiger partial charge in [0.1, 0.15) is 10.5 Å². The van der Waals surface area contributed by atoms with Gasteiger partial charge in [-0.1, -0.05) is 17.7 Å². The summed E-state index contributed by atoms with van der Waals surface area (Å²) < 4.78 is 63.3. The summed E-state index contributed by atoms with van der Waals surface area (Å²) in [6.45, 7) is 5.50. The third kappa shape index (κ3) is 4.51. The lowest BCUT2D eigenvalue weighted by atomic mass is 9.93. The lowest BCUT2D eigenvalue weighted by Crippen LogP contribution is -2.23. The van der Waals surface area contributed by atoms with Crippen LogP contribution in [0.5, 0.6) is 5.88 Å². The Morgan fingerprint density at radius 1 is 1.11 bits per heavy atom. The molecule has 1 aliphatic rings. The molecule has 0 fully saturated rings. The molecule has 0 aliphatic carbocycles. The SMILES string of the molecule is CCn1ncc(C(=O)c2ccc3c(c2C)C(OC)CCS3(=O)=O)c1OS(=O)(=O)c1ccc(C)cc1. The van der Waals surface area contributed by atoms with E-state index in [9.17, 15) is 21.6 Å². The Kier molecular flexibility index (Phi) is 6.60. The minimum absolute atomic E-state index is 0.0383. The summed E-state index contributed by atoms with van der Waals surface area (Å²) in [5.41, 5.74) is 1.97. The normalized spacial score (nSPS) is 17.1. The Bertz CT molecular complexity index is 1510. The number of aryl methyl sites for hydroxylation is 2. The van der Waals surface area contributed by atoms with E-state index in [1.807, 2.05) is 6.92 Å². The van der Waals surface area contributed by atoms with E-state index < -0.39 is 31.8 Å². The molecule has 1 aliphatic heterocycles. The molecule has 9 nitrogen and oxygen atoms in total. The summed E-state index contributed by atoms with van der Waals surface area (Å²) in [5.74, 6) is -0.772. The van der Waals surface area contributed by atoms with Gasteiger partial charge in [0.25, 0.3) is 0 Å². The number of hydrogen-bond donors (Lipinski definition) is 0. The number of carbonyl (C=O) groups is 1. The first-order chi connectivity index (χ1) is 16.5. The van der Waals surface area contributed by atoms with Crippen LogP contribution in [0.2, 0.25) is 0 Å². The standard InChI is InChI=1S/C24H26N2O7S2/c1-5-26-24(33-35(30,31)17-8-6-15(2)7-9-17)19(14-25-26)23(27)18-10-11-21-22(16(18)3)20(32-4)12-13-34(21,28)29/h6-11,14,20H,5,12-13H2,1-4H3. The van der Waals surface area contributed by atoms with Crippen LogP contribution in [0.4, 0.5) is 0 Å². The summed E-state index contributed by atoms with van der Waals surface area (Å²) in [4.78, 5) is 13.7. The van der Waals surface area contributed by atoms with Crippen molar-refractivity contribution in [2.75, 3.05) is 12.9 Å². The van der Waals surface area contributed by atoms with Gasteiger partial charge in [0.15, 0.2) is 15.6 Å². The second-order valence-electron chi connectivity index (χ2n) is 8.34. The molecule has 2 heterocycles. The number of methoxy groups -OCH3 is 1. The summed E-state index contributed by atoms with van der Waals surface area (Å²) in [6.07, 6.45) is 1.06. The van der Waals surface area contributed by atoms with Crippen LogP contribution in [-0.2, 0) is 31.2 Å². The fraction of sp³-hybridized carbons (Fsp3) is 0.333. The molecule has 0 saturated heterocycles. The largest absolute Gasteiger partial charge is 0.377 e. The molecule has 35 heavy (non-hydrogen) atoms. The Hall–Kier alpha value is -3.02. The zero-order chi connectivity index (χ0) is 25.5. The van der Waals surface area contributed by atoms with E-state index in [1.165, 1.54) is 42.3 Å². The maximum atomic E-state index is 13.6. The summed E-state index contributed by atoms with van der Waals surface area (Å²) in [6, 6.07) is 9.00. The summed E-state index contributed by atoms with van der Waals surface area (Å²) in [7, 11) is -6.23. The highest BCUT2D eigenvalue weighted by atomic mass is 32.2. The molecular weight excluding hydrogens is 492 g/mol. The van der Waals surface area contributed by atoms with E-state index in [2.05, 4.69) is 5.10 Å². The molecule has 2 aromatic carbocycles. The number of benzene rings is 2. The van der Waals surface area contributed by atoms with Gasteiger partial charge in [-0.05, 0) is 57.0 Å². The van der Waals surface area contributed by atoms with Crippen LogP contribution in [0, 0.1) is 13.8 Å². The van der Waals surface area contributed by atoms with Crippen molar-refractivity contribution >= 4 is 25.7 Å². The molecule has 0 amide bonds. The molecule has 1 aromatic heterocycles. The number of hydrogen-bond acceptors (Lipinski definition) is 8. The highest BCUT2D eigenvalue weighted by Crippen LogP contribution is 2.38. The van der Waals surface area contributed by atoms with E-state index >= 15 is 0 Å². The van der Waals surface area contributed by atoms with Crippen LogP contribution < -0.4 is 4.18 Å². The van der Waals surface area contributed by atoms with Gasteiger partial charge >= 0.3 is 10.1 Å². The van der Waals surface area contributed by atoms with Gasteiger partial charge in [-0.25, -0.2) is 13.1 Å². The van der Waals surface area contributed by atoms with Crippen molar-refractivity contribution in [2.24, 2.45) is 0 Å². The minimum atomic E-state index is -4.24. The molecule has 4 rings (SSSR count). The first-order valence-electron chi connectivity index (χ1n) is 11.0. The molecule has 0 saturated carbocycles. The molecule has 0 N–H and O–H groups in total. The van der Waals surface area contributed by atoms with Crippen LogP contribution in [0.15, 0.2) is 52.4 Å². The fourth-order valence-corrected chi connectivity index (χ4v) is 6.81. The molecule has 1 atom stereocenters. The van der Waals surface area contributed by atoms with Gasteiger partial charge in [-0.3, -0.25) is 4.79 Å². The zero-order valence-electron chi connectivity index (χ0n) is 19.8. The maximum Gasteiger partial charge on any atom is 0.340 e. The number of nitrogens with zero attached hydrogens (tertiary/aromatic N) is 2. The van der Waals surface area contributed by atoms with Crippen LogP contribution in [0.3, 0.4) is 0 Å². The predicted molar refractivity (Wildman–Crippen MR) is 128 cm³/mol. The Morgan fingerprint density at radius 3 is 2.43 bits per heavy atom. The van der Waals surface area contributed by atoms with Crippen molar-refractivity contribution in [3.8, 4) is 5.88 Å². The van der Waals surface area contributed by atoms with Crippen molar-refractivity contribution in [2.45, 2.75) is 49.6 Å². The number of aromatic nitrogens is 2. The average molecular weight is 519 g/mol. The van der Waals surface area contributed by atoms with E-state index in [1.54, 1.807) is 26.0 Å². The van der Waals surface area contributed by atoms with Crippen molar-refractivity contribution in [3.05, 3.63) is 70.4 Å². The van der Waals surface area contributed by atoms with Crippen LogP contribution in [0.1, 0.15) is 52.1 Å². The third-order valence-electron chi connectivity index (χ3n) is 6.14. The second-order valence-corrected chi connectivity index (χ2v) is 12.0. The predicted octanol–water partition coefficient (Wildman–Crippen LogP) is 3.38. The monoisotopic (exact) mass is 518 g/mol. The summed E-state index contributed by atoms with van der Waals surface area (Å²) >= 11 is 0. The molecule has 186 valence electrons. The number of ketones is 1. The second kappa shape index (κ2) is 9.21. The van der Waals surface area contributed by atoms with Crippen LogP contribution in [0.25, 0.3) is 0 Å². The van der Waals surface area contributed by atoms with Crippen LogP contribution >= 0.6 is 0 Å². The molecule has 1 unspecified atom stereocenters. The maximum absolute atomic E-state index is 13.6. The lowest BCUT2D eigenvalue weighted by molar-refractivity contribution is 0.0952. The van der Waals surface area contributed by atoms with Crippen molar-refractivity contribution < 1.29 is 30.6 Å². The van der Waals surface area contributed by atoms with E-state index in [4.69, 9.17) is 8.92 Å². The van der Waals surface area contributed by atoms with Crippen molar-refractivity contribution in [1.82, 2.24) is 9.78 Å². The summed E-state index contributed by atoms with van der Waals surface area (Å²) in [5, 5.41) is 4.13. The quantitative estimate of drug-likeness (QED) is 0.345. The Morgan fingerprint density at radius 2 is 1.80 bits per heavy atom. The number of carbonyl (C=O) groups excluding carboxylic acids is 1. The third-order valence-corrected chi connectivity index (χ3v) is 9.17. The first-order valence-corrected chi connectivity index (χ1v) is 14.1. The molecular formula is C24H26N2O7S2. The molecule has 11 heteroatoms. The Balaban J connectivity index is 1.79. The van der Waals surface area contributed by atoms with Crippen molar-refractivity contribution in [1.29, 1.82) is 0 Å². The topological polar surface area (TPSA) is 122 Å². The molecule has 0 bridgehead atoms. The minimum Gasteiger partial charge on any atom is -0.377 e. The smallest absolute Gasteiger partial charge is 0.340 e. The number of rotatable bonds is 7. The van der Waals surface area contributed by atoms with Gasteiger partial charge in [0, 0.05) is 24.8 Å². The molecule has 3 aromatic rings. The van der Waals surface area contributed by atoms with Crippen LogP contribution in [-0.4, -0.2) is 45.3 Å². The average Bonchev–Trinajstić information content (AvgIpc) is 3.21. The molecule has 0 spiro atoms. The van der Waals surface area contributed by atoms with E-state index in [0.29, 0.717) is 11.1 Å². The number of ether oxygens (including phenoxy) is 1. The highest BCUT2D eigenvalue weighted by Gasteiger charge is 2.34. The van der Waals surface area contributed by atoms with Gasteiger partial charge < -0.3 is 8.92 Å². The first kappa shape index (κ1) is 25.1. The molecule has 0 radical (unpaired) electrons. The highest BCUT2D eigenvalue weighted by molar-refractivity contribution is 7.91. The van der Waals surface area contributed by atoms with Gasteiger partial charge in [0.2, 0.25) is 5.88 Å². The zero-order valence-corrected chi connectivity index (χ0v) is 21.4. The fourth-order valence-electron chi connectivity index (χ4n) is 4.22. The number of sulfone groups is 1. The van der Waals surface area contributed by atoms with Gasteiger partial charge in [-0.15, -0.1) is 0 Å². The van der Waals surface area contributed by atoms with Gasteiger partial charge in [-0.2, -0.15) is 13.5 Å². The number of fused-ring (bicyclic) bond motifs is 1. The van der Waals surface area contributed by atoms with E-state index in [0.717, 1.165) is 5.56 Å². The van der Waals surface area contributed by atoms with E-state index in [-0.39, 0.29) is 45.5 Å². The van der Waals surface area contributed by atoms with Gasteiger partial charge in [0.05, 0.1) is 22.9 Å².